The first-order chi connectivity index (χ1) is 11.8. The van der Waals surface area contributed by atoms with Gasteiger partial charge in [-0.25, -0.2) is 8.42 Å². The summed E-state index contributed by atoms with van der Waals surface area (Å²) < 4.78 is 26.0. The van der Waals surface area contributed by atoms with E-state index in [2.05, 4.69) is 10.3 Å². The SMILES string of the molecule is Cn1nc(/C(Cl)=N/O)c2c1C(=O)N(CC1(S(=O)(=O)C3CC3)CC1)CC2. The number of halogens is 1. The molecule has 0 atom stereocenters. The van der Waals surface area contributed by atoms with E-state index in [4.69, 9.17) is 16.8 Å². The number of carbonyl (C=O) groups excluding carboxylic acids is 1. The van der Waals surface area contributed by atoms with Gasteiger partial charge >= 0.3 is 0 Å². The van der Waals surface area contributed by atoms with Crippen molar-refractivity contribution < 1.29 is 18.4 Å². The number of aryl methyl sites for hydroxylation is 1. The third kappa shape index (κ3) is 2.47. The van der Waals surface area contributed by atoms with E-state index in [1.165, 1.54) is 4.68 Å². The van der Waals surface area contributed by atoms with Gasteiger partial charge < -0.3 is 10.1 Å². The van der Waals surface area contributed by atoms with Gasteiger partial charge in [-0.2, -0.15) is 5.10 Å². The molecule has 2 saturated carbocycles. The molecule has 0 radical (unpaired) electrons. The highest BCUT2D eigenvalue weighted by Crippen LogP contribution is 2.50. The van der Waals surface area contributed by atoms with E-state index < -0.39 is 14.6 Å². The molecule has 0 bridgehead atoms. The molecule has 8 nitrogen and oxygen atoms in total. The smallest absolute Gasteiger partial charge is 0.272 e. The molecule has 2 aliphatic carbocycles. The Kier molecular flexibility index (Phi) is 3.66. The summed E-state index contributed by atoms with van der Waals surface area (Å²) in [4.78, 5) is 14.5. The predicted octanol–water partition coefficient (Wildman–Crippen LogP) is 0.903. The molecule has 3 aliphatic rings. The summed E-state index contributed by atoms with van der Waals surface area (Å²) in [6.45, 7) is 0.647. The zero-order valence-electron chi connectivity index (χ0n) is 13.8. The Hall–Kier alpha value is -1.61. The topological polar surface area (TPSA) is 105 Å². The number of fused-ring (bicyclic) bond motifs is 1. The van der Waals surface area contributed by atoms with Gasteiger partial charge in [0.25, 0.3) is 5.91 Å². The molecule has 1 aromatic rings. The Morgan fingerprint density at radius 1 is 1.44 bits per heavy atom. The maximum Gasteiger partial charge on any atom is 0.272 e. The molecule has 0 aromatic carbocycles. The fourth-order valence-corrected chi connectivity index (χ4v) is 6.31. The van der Waals surface area contributed by atoms with Crippen LogP contribution in [0.15, 0.2) is 5.16 Å². The van der Waals surface area contributed by atoms with Crippen molar-refractivity contribution in [2.45, 2.75) is 42.1 Å². The van der Waals surface area contributed by atoms with Crippen molar-refractivity contribution in [3.05, 3.63) is 17.0 Å². The van der Waals surface area contributed by atoms with Gasteiger partial charge in [0.15, 0.2) is 15.0 Å². The van der Waals surface area contributed by atoms with Gasteiger partial charge in [-0.15, -0.1) is 0 Å². The van der Waals surface area contributed by atoms with Crippen LogP contribution < -0.4 is 0 Å². The minimum Gasteiger partial charge on any atom is -0.410 e. The molecule has 2 heterocycles. The van der Waals surface area contributed by atoms with Crippen molar-refractivity contribution in [3.63, 3.8) is 0 Å². The second-order valence-corrected chi connectivity index (χ2v) is 10.1. The van der Waals surface area contributed by atoms with Gasteiger partial charge in [0.05, 0.1) is 10.00 Å². The van der Waals surface area contributed by atoms with Gasteiger partial charge in [0, 0.05) is 25.7 Å². The monoisotopic (exact) mass is 386 g/mol. The third-order valence-corrected chi connectivity index (χ3v) is 8.75. The minimum absolute atomic E-state index is 0.159. The van der Waals surface area contributed by atoms with Gasteiger partial charge in [-0.1, -0.05) is 16.8 Å². The summed E-state index contributed by atoms with van der Waals surface area (Å²) in [5.41, 5.74) is 1.31. The van der Waals surface area contributed by atoms with Crippen LogP contribution in [0.4, 0.5) is 0 Å². The average Bonchev–Trinajstić information content (AvgIpc) is 3.47. The number of amides is 1. The summed E-state index contributed by atoms with van der Waals surface area (Å²) in [5, 5.41) is 15.6. The molecule has 2 fully saturated rings. The van der Waals surface area contributed by atoms with E-state index in [1.54, 1.807) is 11.9 Å². The molecule has 4 rings (SSSR count). The molecule has 10 heteroatoms. The Balaban J connectivity index is 1.62. The van der Waals surface area contributed by atoms with Crippen molar-refractivity contribution in [3.8, 4) is 0 Å². The first-order valence-electron chi connectivity index (χ1n) is 8.27. The molecule has 136 valence electrons. The molecule has 1 aromatic heterocycles. The van der Waals surface area contributed by atoms with Crippen molar-refractivity contribution >= 4 is 32.5 Å². The maximum absolute atomic E-state index is 12.9. The van der Waals surface area contributed by atoms with Crippen LogP contribution in [-0.4, -0.2) is 62.5 Å². The minimum atomic E-state index is -3.17. The van der Waals surface area contributed by atoms with E-state index in [1.807, 2.05) is 0 Å². The fraction of sp³-hybridized carbons (Fsp3) is 0.667. The lowest BCUT2D eigenvalue weighted by atomic mass is 10.0. The summed E-state index contributed by atoms with van der Waals surface area (Å²) in [6, 6.07) is 0. The molecule has 1 aliphatic heterocycles. The normalized spacial score (nSPS) is 22.9. The molecule has 25 heavy (non-hydrogen) atoms. The Morgan fingerprint density at radius 2 is 2.12 bits per heavy atom. The number of carbonyl (C=O) groups is 1. The van der Waals surface area contributed by atoms with Crippen molar-refractivity contribution in [2.75, 3.05) is 13.1 Å². The molecular formula is C15H19ClN4O4S. The Bertz CT molecular complexity index is 884. The predicted molar refractivity (Wildman–Crippen MR) is 90.9 cm³/mol. The van der Waals surface area contributed by atoms with Crippen LogP contribution >= 0.6 is 11.6 Å². The summed E-state index contributed by atoms with van der Waals surface area (Å²) in [6.07, 6.45) is 3.23. The number of oxime groups is 1. The van der Waals surface area contributed by atoms with Crippen LogP contribution in [0, 0.1) is 0 Å². The van der Waals surface area contributed by atoms with Crippen molar-refractivity contribution in [1.82, 2.24) is 14.7 Å². The average molecular weight is 387 g/mol. The first-order valence-corrected chi connectivity index (χ1v) is 10.2. The summed E-state index contributed by atoms with van der Waals surface area (Å²) >= 11 is 5.86. The van der Waals surface area contributed by atoms with E-state index in [9.17, 15) is 13.2 Å². The number of sulfone groups is 1. The standard InChI is InChI=1S/C15H19ClN4O4S/c1-19-12-10(11(17-19)13(16)18-22)4-7-20(14(12)21)8-15(5-6-15)25(23,24)9-2-3-9/h9,22H,2-8H2,1H3/b18-13-. The summed E-state index contributed by atoms with van der Waals surface area (Å²) in [7, 11) is -1.54. The van der Waals surface area contributed by atoms with Gasteiger partial charge in [-0.3, -0.25) is 9.48 Å². The quantitative estimate of drug-likeness (QED) is 0.460. The molecule has 1 amide bonds. The third-order valence-electron chi connectivity index (χ3n) is 5.40. The Labute approximate surface area is 150 Å². The molecular weight excluding hydrogens is 368 g/mol. The molecule has 0 saturated heterocycles. The second-order valence-electron chi connectivity index (χ2n) is 7.09. The van der Waals surface area contributed by atoms with E-state index in [-0.39, 0.29) is 22.9 Å². The van der Waals surface area contributed by atoms with Gasteiger partial charge in [0.1, 0.15) is 11.4 Å². The number of hydrogen-bond donors (Lipinski definition) is 1. The number of aromatic nitrogens is 2. The van der Waals surface area contributed by atoms with E-state index >= 15 is 0 Å². The lowest BCUT2D eigenvalue weighted by Gasteiger charge is -2.31. The Morgan fingerprint density at radius 3 is 2.68 bits per heavy atom. The first kappa shape index (κ1) is 16.8. The molecule has 0 spiro atoms. The van der Waals surface area contributed by atoms with Crippen LogP contribution in [0.2, 0.25) is 0 Å². The van der Waals surface area contributed by atoms with Crippen molar-refractivity contribution in [2.24, 2.45) is 12.2 Å². The van der Waals surface area contributed by atoms with Crippen LogP contribution in [0.25, 0.3) is 0 Å². The zero-order chi connectivity index (χ0) is 18.0. The number of hydrogen-bond acceptors (Lipinski definition) is 6. The summed E-state index contributed by atoms with van der Waals surface area (Å²) in [5.74, 6) is -0.248. The number of rotatable bonds is 5. The van der Waals surface area contributed by atoms with E-state index in [0.717, 1.165) is 12.8 Å². The van der Waals surface area contributed by atoms with Crippen LogP contribution in [0.3, 0.4) is 0 Å². The lowest BCUT2D eigenvalue weighted by molar-refractivity contribution is 0.0724. The second kappa shape index (κ2) is 5.44. The highest BCUT2D eigenvalue weighted by Gasteiger charge is 2.60. The van der Waals surface area contributed by atoms with E-state index in [0.29, 0.717) is 42.8 Å². The molecule has 1 N–H and O–H groups in total. The fourth-order valence-electron chi connectivity index (χ4n) is 3.69. The molecule has 0 unspecified atom stereocenters. The largest absolute Gasteiger partial charge is 0.410 e. The van der Waals surface area contributed by atoms with Gasteiger partial charge in [0.2, 0.25) is 0 Å². The maximum atomic E-state index is 12.9. The lowest BCUT2D eigenvalue weighted by Crippen LogP contribution is -2.46. The highest BCUT2D eigenvalue weighted by molar-refractivity contribution is 7.94. The van der Waals surface area contributed by atoms with Crippen LogP contribution in [-0.2, 0) is 23.3 Å². The number of nitrogens with zero attached hydrogens (tertiary/aromatic N) is 4. The van der Waals surface area contributed by atoms with Crippen molar-refractivity contribution in [1.29, 1.82) is 0 Å². The highest BCUT2D eigenvalue weighted by atomic mass is 35.5. The zero-order valence-corrected chi connectivity index (χ0v) is 15.3. The van der Waals surface area contributed by atoms with Crippen LogP contribution in [0.1, 0.15) is 47.4 Å². The van der Waals surface area contributed by atoms with Gasteiger partial charge in [-0.05, 0) is 32.1 Å². The van der Waals surface area contributed by atoms with Crippen LogP contribution in [0.5, 0.6) is 0 Å².